The largest absolute Gasteiger partial charge is 0.312 e. The number of Topliss-reactive ketones (excluding diaryl/α,β-unsaturated/α-hetero) is 1. The highest BCUT2D eigenvalue weighted by molar-refractivity contribution is 7.99. The van der Waals surface area contributed by atoms with Gasteiger partial charge in [0.1, 0.15) is 0 Å². The molecule has 0 aliphatic carbocycles. The van der Waals surface area contributed by atoms with Crippen molar-refractivity contribution in [1.82, 2.24) is 5.32 Å². The molecule has 1 saturated heterocycles. The topological polar surface area (TPSA) is 29.1 Å². The van der Waals surface area contributed by atoms with Gasteiger partial charge in [-0.3, -0.25) is 4.79 Å². The van der Waals surface area contributed by atoms with E-state index in [0.29, 0.717) is 12.5 Å². The molecular weight excluding hydrogens is 214 g/mol. The fourth-order valence-corrected chi connectivity index (χ4v) is 3.13. The molecule has 2 rings (SSSR count). The van der Waals surface area contributed by atoms with Crippen LogP contribution in [0.15, 0.2) is 16.8 Å². The molecule has 2 nitrogen and oxygen atoms in total. The van der Waals surface area contributed by atoms with Crippen molar-refractivity contribution in [2.24, 2.45) is 0 Å². The summed E-state index contributed by atoms with van der Waals surface area (Å²) in [6.07, 6.45) is 0.643. The predicted octanol–water partition coefficient (Wildman–Crippen LogP) is 2.03. The van der Waals surface area contributed by atoms with E-state index < -0.39 is 0 Å². The highest BCUT2D eigenvalue weighted by Crippen LogP contribution is 2.14. The van der Waals surface area contributed by atoms with Crippen molar-refractivity contribution in [1.29, 1.82) is 0 Å². The van der Waals surface area contributed by atoms with Crippen molar-refractivity contribution in [2.45, 2.75) is 12.5 Å². The van der Waals surface area contributed by atoms with Crippen LogP contribution in [0.5, 0.6) is 0 Å². The number of hydrogen-bond acceptors (Lipinski definition) is 4. The van der Waals surface area contributed by atoms with Gasteiger partial charge in [-0.1, -0.05) is 0 Å². The van der Waals surface area contributed by atoms with Crippen molar-refractivity contribution in [3.63, 3.8) is 0 Å². The van der Waals surface area contributed by atoms with Crippen LogP contribution < -0.4 is 5.32 Å². The van der Waals surface area contributed by atoms with Gasteiger partial charge in [0.25, 0.3) is 0 Å². The Kier molecular flexibility index (Phi) is 3.61. The van der Waals surface area contributed by atoms with E-state index >= 15 is 0 Å². The molecule has 4 heteroatoms. The molecule has 76 valence electrons. The van der Waals surface area contributed by atoms with Crippen LogP contribution in [0, 0.1) is 0 Å². The van der Waals surface area contributed by atoms with E-state index in [9.17, 15) is 4.79 Å². The van der Waals surface area contributed by atoms with Gasteiger partial charge in [-0.2, -0.15) is 23.1 Å². The summed E-state index contributed by atoms with van der Waals surface area (Å²) < 4.78 is 0. The lowest BCUT2D eigenvalue weighted by atomic mass is 10.1. The second-order valence-electron chi connectivity index (χ2n) is 3.37. The van der Waals surface area contributed by atoms with Crippen LogP contribution in [0.25, 0.3) is 0 Å². The highest BCUT2D eigenvalue weighted by Gasteiger charge is 2.17. The molecule has 2 heterocycles. The Morgan fingerprint density at radius 3 is 3.21 bits per heavy atom. The number of ketones is 1. The number of hydrogen-bond donors (Lipinski definition) is 1. The molecule has 0 amide bonds. The molecule has 0 radical (unpaired) electrons. The molecular formula is C10H13NOS2. The Morgan fingerprint density at radius 2 is 2.57 bits per heavy atom. The first-order valence-corrected chi connectivity index (χ1v) is 6.82. The molecule has 1 aromatic rings. The number of rotatable bonds is 3. The lowest BCUT2D eigenvalue weighted by molar-refractivity contribution is 0.0972. The van der Waals surface area contributed by atoms with Gasteiger partial charge >= 0.3 is 0 Å². The van der Waals surface area contributed by atoms with Crippen molar-refractivity contribution in [3.05, 3.63) is 22.4 Å². The summed E-state index contributed by atoms with van der Waals surface area (Å²) in [6.45, 7) is 1.03. The number of nitrogens with one attached hydrogen (secondary N) is 1. The van der Waals surface area contributed by atoms with Gasteiger partial charge in [0.2, 0.25) is 0 Å². The highest BCUT2D eigenvalue weighted by atomic mass is 32.2. The fourth-order valence-electron chi connectivity index (χ4n) is 1.52. The minimum absolute atomic E-state index is 0.270. The standard InChI is InChI=1S/C10H13NOS2/c12-10(8-1-3-13-6-8)5-9-7-14-4-2-11-9/h1,3,6,9,11H,2,4-5,7H2. The van der Waals surface area contributed by atoms with Gasteiger partial charge in [0.05, 0.1) is 0 Å². The first-order valence-electron chi connectivity index (χ1n) is 4.73. The van der Waals surface area contributed by atoms with Crippen LogP contribution in [-0.2, 0) is 0 Å². The molecule has 14 heavy (non-hydrogen) atoms. The smallest absolute Gasteiger partial charge is 0.165 e. The summed E-state index contributed by atoms with van der Waals surface area (Å²) in [7, 11) is 0. The van der Waals surface area contributed by atoms with Crippen LogP contribution in [0.4, 0.5) is 0 Å². The summed E-state index contributed by atoms with van der Waals surface area (Å²) in [5, 5.41) is 7.26. The third-order valence-electron chi connectivity index (χ3n) is 2.27. The van der Waals surface area contributed by atoms with Crippen LogP contribution >= 0.6 is 23.1 Å². The van der Waals surface area contributed by atoms with Crippen molar-refractivity contribution in [2.75, 3.05) is 18.1 Å². The molecule has 1 aliphatic heterocycles. The lowest BCUT2D eigenvalue weighted by Crippen LogP contribution is -2.38. The average Bonchev–Trinajstić information content (AvgIpc) is 2.72. The normalized spacial score (nSPS) is 22.1. The van der Waals surface area contributed by atoms with Crippen LogP contribution in [0.2, 0.25) is 0 Å². The fraction of sp³-hybridized carbons (Fsp3) is 0.500. The van der Waals surface area contributed by atoms with Gasteiger partial charge in [-0.25, -0.2) is 0 Å². The maximum Gasteiger partial charge on any atom is 0.165 e. The molecule has 0 saturated carbocycles. The van der Waals surface area contributed by atoms with Gasteiger partial charge in [0.15, 0.2) is 5.78 Å². The lowest BCUT2D eigenvalue weighted by Gasteiger charge is -2.22. The maximum absolute atomic E-state index is 11.7. The zero-order valence-electron chi connectivity index (χ0n) is 7.86. The van der Waals surface area contributed by atoms with Gasteiger partial charge in [-0.15, -0.1) is 0 Å². The molecule has 1 aromatic heterocycles. The first kappa shape index (κ1) is 10.2. The second-order valence-corrected chi connectivity index (χ2v) is 5.30. The van der Waals surface area contributed by atoms with E-state index in [0.717, 1.165) is 17.9 Å². The maximum atomic E-state index is 11.7. The van der Waals surface area contributed by atoms with Crippen LogP contribution in [0.3, 0.4) is 0 Å². The molecule has 1 unspecified atom stereocenters. The average molecular weight is 227 g/mol. The number of carbonyl (C=O) groups excluding carboxylic acids is 1. The molecule has 0 spiro atoms. The second kappa shape index (κ2) is 4.96. The molecule has 1 aliphatic rings. The van der Waals surface area contributed by atoms with E-state index in [1.807, 2.05) is 28.6 Å². The summed E-state index contributed by atoms with van der Waals surface area (Å²) in [6, 6.07) is 2.28. The molecule has 1 atom stereocenters. The molecule has 0 bridgehead atoms. The summed E-state index contributed by atoms with van der Waals surface area (Å²) in [5.41, 5.74) is 0.868. The minimum atomic E-state index is 0.270. The minimum Gasteiger partial charge on any atom is -0.312 e. The van der Waals surface area contributed by atoms with E-state index in [2.05, 4.69) is 5.32 Å². The Balaban J connectivity index is 1.87. The molecule has 1 N–H and O–H groups in total. The van der Waals surface area contributed by atoms with Crippen molar-refractivity contribution < 1.29 is 4.79 Å². The predicted molar refractivity (Wildman–Crippen MR) is 62.4 cm³/mol. The van der Waals surface area contributed by atoms with E-state index in [-0.39, 0.29) is 5.78 Å². The van der Waals surface area contributed by atoms with Crippen LogP contribution in [-0.4, -0.2) is 29.9 Å². The third-order valence-corrected chi connectivity index (χ3v) is 4.09. The molecule has 1 fully saturated rings. The Hall–Kier alpha value is -0.320. The van der Waals surface area contributed by atoms with Gasteiger partial charge < -0.3 is 5.32 Å². The summed E-state index contributed by atoms with van der Waals surface area (Å²) in [5.74, 6) is 2.50. The zero-order valence-corrected chi connectivity index (χ0v) is 9.50. The Labute approximate surface area is 92.1 Å². The van der Waals surface area contributed by atoms with E-state index in [1.54, 1.807) is 11.3 Å². The Bertz CT molecular complexity index is 291. The first-order chi connectivity index (χ1) is 6.86. The quantitative estimate of drug-likeness (QED) is 0.801. The SMILES string of the molecule is O=C(CC1CSCCN1)c1ccsc1. The third kappa shape index (κ3) is 2.59. The summed E-state index contributed by atoms with van der Waals surface area (Å²) >= 11 is 3.51. The van der Waals surface area contributed by atoms with Crippen LogP contribution in [0.1, 0.15) is 16.8 Å². The number of thioether (sulfide) groups is 1. The number of carbonyl (C=O) groups is 1. The zero-order chi connectivity index (χ0) is 9.80. The molecule has 0 aromatic carbocycles. The Morgan fingerprint density at radius 1 is 1.64 bits per heavy atom. The van der Waals surface area contributed by atoms with Gasteiger partial charge in [0, 0.05) is 41.5 Å². The van der Waals surface area contributed by atoms with E-state index in [1.165, 1.54) is 5.75 Å². The number of thiophene rings is 1. The van der Waals surface area contributed by atoms with Crippen molar-refractivity contribution in [3.8, 4) is 0 Å². The van der Waals surface area contributed by atoms with Crippen molar-refractivity contribution >= 4 is 28.9 Å². The monoisotopic (exact) mass is 227 g/mol. The summed E-state index contributed by atoms with van der Waals surface area (Å²) in [4.78, 5) is 11.7. The van der Waals surface area contributed by atoms with E-state index in [4.69, 9.17) is 0 Å². The van der Waals surface area contributed by atoms with Gasteiger partial charge in [-0.05, 0) is 11.4 Å².